The van der Waals surface area contributed by atoms with Crippen molar-refractivity contribution in [1.82, 2.24) is 10.2 Å². The monoisotopic (exact) mass is 413 g/mol. The Morgan fingerprint density at radius 3 is 2.54 bits per heavy atom. The predicted molar refractivity (Wildman–Crippen MR) is 107 cm³/mol. The zero-order chi connectivity index (χ0) is 21.1. The Bertz CT molecular complexity index is 735. The van der Waals surface area contributed by atoms with Crippen molar-refractivity contribution in [2.24, 2.45) is 0 Å². The summed E-state index contributed by atoms with van der Waals surface area (Å²) in [6.07, 6.45) is -0.249. The minimum Gasteiger partial charge on any atom is -0.496 e. The summed E-state index contributed by atoms with van der Waals surface area (Å²) in [6, 6.07) is 2.70. The Morgan fingerprint density at radius 2 is 1.96 bits per heavy atom. The molecule has 3 N–H and O–H groups in total. The number of rotatable bonds is 4. The van der Waals surface area contributed by atoms with Crippen LogP contribution < -0.4 is 15.8 Å². The first-order valence-electron chi connectivity index (χ1n) is 9.00. The molecule has 1 aliphatic heterocycles. The minimum absolute atomic E-state index is 0.272. The van der Waals surface area contributed by atoms with Gasteiger partial charge in [0, 0.05) is 19.7 Å². The van der Waals surface area contributed by atoms with Gasteiger partial charge in [0.1, 0.15) is 11.4 Å². The third-order valence-electron chi connectivity index (χ3n) is 4.39. The van der Waals surface area contributed by atoms with E-state index in [9.17, 15) is 9.59 Å². The highest BCUT2D eigenvalue weighted by atomic mass is 35.5. The molecule has 1 aliphatic rings. The van der Waals surface area contributed by atoms with Crippen molar-refractivity contribution in [2.45, 2.75) is 44.9 Å². The summed E-state index contributed by atoms with van der Waals surface area (Å²) in [5.41, 5.74) is 5.81. The topological polar surface area (TPSA) is 103 Å². The largest absolute Gasteiger partial charge is 0.496 e. The fourth-order valence-electron chi connectivity index (χ4n) is 2.97. The molecule has 1 aromatic carbocycles. The van der Waals surface area contributed by atoms with Crippen molar-refractivity contribution in [3.8, 4) is 5.75 Å². The molecule has 0 aliphatic carbocycles. The van der Waals surface area contributed by atoms with Gasteiger partial charge in [-0.1, -0.05) is 11.6 Å². The van der Waals surface area contributed by atoms with E-state index < -0.39 is 11.7 Å². The molecule has 28 heavy (non-hydrogen) atoms. The van der Waals surface area contributed by atoms with Crippen LogP contribution in [0.4, 0.5) is 10.5 Å². The molecule has 1 aromatic rings. The smallest absolute Gasteiger partial charge is 0.410 e. The summed E-state index contributed by atoms with van der Waals surface area (Å²) >= 11 is 6.05. The number of amides is 2. The fourth-order valence-corrected chi connectivity index (χ4v) is 3.14. The van der Waals surface area contributed by atoms with Gasteiger partial charge in [-0.25, -0.2) is 4.79 Å². The van der Waals surface area contributed by atoms with Crippen molar-refractivity contribution in [3.05, 3.63) is 22.7 Å². The van der Waals surface area contributed by atoms with Crippen molar-refractivity contribution >= 4 is 29.3 Å². The van der Waals surface area contributed by atoms with E-state index in [0.29, 0.717) is 30.9 Å². The molecule has 2 atom stereocenters. The van der Waals surface area contributed by atoms with Crippen LogP contribution in [0.3, 0.4) is 0 Å². The Morgan fingerprint density at radius 1 is 1.29 bits per heavy atom. The van der Waals surface area contributed by atoms with Gasteiger partial charge >= 0.3 is 6.09 Å². The zero-order valence-electron chi connectivity index (χ0n) is 16.9. The van der Waals surface area contributed by atoms with E-state index in [1.807, 2.05) is 20.8 Å². The Labute approximate surface area is 170 Å². The highest BCUT2D eigenvalue weighted by Crippen LogP contribution is 2.29. The number of ether oxygens (including phenoxy) is 3. The van der Waals surface area contributed by atoms with Crippen LogP contribution in [0.25, 0.3) is 0 Å². The van der Waals surface area contributed by atoms with Crippen molar-refractivity contribution < 1.29 is 23.8 Å². The molecule has 0 bridgehead atoms. The SMILES string of the molecule is COc1cc(N)c(Cl)cc1C(=O)N[C@@H]1CCN(C(=O)OC(C)(C)C)C[C@@H]1OC. The number of nitrogens with two attached hydrogens (primary N) is 1. The quantitative estimate of drug-likeness (QED) is 0.735. The Hall–Kier alpha value is -2.19. The van der Waals surface area contributed by atoms with E-state index >= 15 is 0 Å². The minimum atomic E-state index is -0.574. The van der Waals surface area contributed by atoms with E-state index in [1.165, 1.54) is 19.2 Å². The van der Waals surface area contributed by atoms with Gasteiger partial charge in [0.05, 0.1) is 42.1 Å². The highest BCUT2D eigenvalue weighted by molar-refractivity contribution is 6.33. The van der Waals surface area contributed by atoms with Gasteiger partial charge in [0.25, 0.3) is 5.91 Å². The van der Waals surface area contributed by atoms with E-state index in [2.05, 4.69) is 5.32 Å². The van der Waals surface area contributed by atoms with Gasteiger partial charge in [-0.3, -0.25) is 4.79 Å². The number of hydrogen-bond donors (Lipinski definition) is 2. The number of hydrogen-bond acceptors (Lipinski definition) is 6. The number of piperidine rings is 1. The summed E-state index contributed by atoms with van der Waals surface area (Å²) in [6.45, 7) is 6.21. The molecule has 156 valence electrons. The standard InChI is InChI=1S/C19H28ClN3O5/c1-19(2,3)28-18(25)23-7-6-14(16(10-23)27-5)22-17(24)11-8-12(20)13(21)9-15(11)26-4/h8-9,14,16H,6-7,10,21H2,1-5H3,(H,22,24)/t14-,16+/m1/s1. The molecular formula is C19H28ClN3O5. The molecule has 8 nitrogen and oxygen atoms in total. The molecule has 0 spiro atoms. The lowest BCUT2D eigenvalue weighted by Gasteiger charge is -2.38. The van der Waals surface area contributed by atoms with Crippen LogP contribution in [0.1, 0.15) is 37.6 Å². The summed E-state index contributed by atoms with van der Waals surface area (Å²) in [4.78, 5) is 26.7. The number of anilines is 1. The fraction of sp³-hybridized carbons (Fsp3) is 0.579. The van der Waals surface area contributed by atoms with E-state index in [-0.39, 0.29) is 28.6 Å². The van der Waals surface area contributed by atoms with Crippen molar-refractivity contribution in [1.29, 1.82) is 0 Å². The van der Waals surface area contributed by atoms with Crippen LogP contribution in [-0.4, -0.2) is 62.0 Å². The van der Waals surface area contributed by atoms with Crippen molar-refractivity contribution in [3.63, 3.8) is 0 Å². The summed E-state index contributed by atoms with van der Waals surface area (Å²) < 4.78 is 16.2. The van der Waals surface area contributed by atoms with Crippen LogP contribution in [0.15, 0.2) is 12.1 Å². The molecule has 1 heterocycles. The summed E-state index contributed by atoms with van der Waals surface area (Å²) in [7, 11) is 3.00. The molecule has 2 amide bonds. The molecule has 0 aromatic heterocycles. The van der Waals surface area contributed by atoms with E-state index in [4.69, 9.17) is 31.5 Å². The number of benzene rings is 1. The van der Waals surface area contributed by atoms with E-state index in [1.54, 1.807) is 12.0 Å². The first-order valence-corrected chi connectivity index (χ1v) is 9.38. The summed E-state index contributed by atoms with van der Waals surface area (Å²) in [5, 5.41) is 3.22. The zero-order valence-corrected chi connectivity index (χ0v) is 17.6. The second-order valence-corrected chi connectivity index (χ2v) is 8.05. The molecule has 2 rings (SSSR count). The normalized spacial score (nSPS) is 19.9. The average Bonchev–Trinajstić information content (AvgIpc) is 2.62. The van der Waals surface area contributed by atoms with Gasteiger partial charge in [0.15, 0.2) is 0 Å². The first kappa shape index (κ1) is 22.1. The second kappa shape index (κ2) is 8.87. The average molecular weight is 414 g/mol. The first-order chi connectivity index (χ1) is 13.1. The third-order valence-corrected chi connectivity index (χ3v) is 4.72. The molecular weight excluding hydrogens is 386 g/mol. The molecule has 0 radical (unpaired) electrons. The van der Waals surface area contributed by atoms with Gasteiger partial charge in [0.2, 0.25) is 0 Å². The van der Waals surface area contributed by atoms with Gasteiger partial charge in [-0.05, 0) is 33.3 Å². The number of nitrogen functional groups attached to an aromatic ring is 1. The molecule has 0 saturated carbocycles. The lowest BCUT2D eigenvalue weighted by molar-refractivity contribution is -0.0172. The van der Waals surface area contributed by atoms with Crippen LogP contribution in [0, 0.1) is 0 Å². The van der Waals surface area contributed by atoms with Gasteiger partial charge in [-0.15, -0.1) is 0 Å². The number of carbonyl (C=O) groups is 2. The molecule has 0 unspecified atom stereocenters. The predicted octanol–water partition coefficient (Wildman–Crippen LogP) is 2.69. The number of likely N-dealkylation sites (tertiary alicyclic amines) is 1. The number of methoxy groups -OCH3 is 2. The van der Waals surface area contributed by atoms with Gasteiger partial charge in [-0.2, -0.15) is 0 Å². The lowest BCUT2D eigenvalue weighted by Crippen LogP contribution is -2.56. The van der Waals surface area contributed by atoms with Crippen LogP contribution in [0.2, 0.25) is 5.02 Å². The van der Waals surface area contributed by atoms with Gasteiger partial charge < -0.3 is 30.2 Å². The molecule has 1 saturated heterocycles. The molecule has 9 heteroatoms. The Kier molecular flexibility index (Phi) is 7.01. The number of halogens is 1. The second-order valence-electron chi connectivity index (χ2n) is 7.64. The maximum Gasteiger partial charge on any atom is 0.410 e. The van der Waals surface area contributed by atoms with Crippen LogP contribution in [0.5, 0.6) is 5.75 Å². The lowest BCUT2D eigenvalue weighted by atomic mass is 10.0. The van der Waals surface area contributed by atoms with Crippen LogP contribution in [-0.2, 0) is 9.47 Å². The molecule has 1 fully saturated rings. The number of carbonyl (C=O) groups excluding carboxylic acids is 2. The maximum absolute atomic E-state index is 12.8. The number of nitrogens with one attached hydrogen (secondary N) is 1. The third kappa shape index (κ3) is 5.42. The van der Waals surface area contributed by atoms with Crippen molar-refractivity contribution in [2.75, 3.05) is 33.0 Å². The highest BCUT2D eigenvalue weighted by Gasteiger charge is 2.35. The Balaban J connectivity index is 2.08. The number of nitrogens with zero attached hydrogens (tertiary/aromatic N) is 1. The summed E-state index contributed by atoms with van der Waals surface area (Å²) in [5.74, 6) is -0.0175. The van der Waals surface area contributed by atoms with E-state index in [0.717, 1.165) is 0 Å². The maximum atomic E-state index is 12.8. The van der Waals surface area contributed by atoms with Crippen LogP contribution >= 0.6 is 11.6 Å².